The van der Waals surface area contributed by atoms with Crippen LogP contribution in [-0.2, 0) is 6.42 Å². The molecule has 116 valence electrons. The first kappa shape index (κ1) is 15.3. The Balaban J connectivity index is 2.32. The van der Waals surface area contributed by atoms with Crippen molar-refractivity contribution in [3.05, 3.63) is 52.1 Å². The third-order valence-electron chi connectivity index (χ3n) is 5.02. The summed E-state index contributed by atoms with van der Waals surface area (Å²) in [5.74, 6) is 1.78. The molecule has 3 rings (SSSR count). The summed E-state index contributed by atoms with van der Waals surface area (Å²) in [7, 11) is 0. The second-order valence-electron chi connectivity index (χ2n) is 7.75. The SMILES string of the molecule is CC(C)C1=Cc2cc(C(C)C)cc3cc(C(C)C)cc(c23)C1. The first-order valence-corrected chi connectivity index (χ1v) is 8.67. The minimum absolute atomic E-state index is 0.574. The van der Waals surface area contributed by atoms with Gasteiger partial charge in [-0.1, -0.05) is 77.5 Å². The Morgan fingerprint density at radius 3 is 1.86 bits per heavy atom. The van der Waals surface area contributed by atoms with Crippen LogP contribution in [0.25, 0.3) is 16.8 Å². The molecule has 0 unspecified atom stereocenters. The highest BCUT2D eigenvalue weighted by atomic mass is 14.2. The lowest BCUT2D eigenvalue weighted by molar-refractivity contribution is 0.746. The van der Waals surface area contributed by atoms with Gasteiger partial charge in [0.15, 0.2) is 0 Å². The molecule has 1 aliphatic rings. The maximum absolute atomic E-state index is 2.45. The summed E-state index contributed by atoms with van der Waals surface area (Å²) in [6.07, 6.45) is 3.56. The lowest BCUT2D eigenvalue weighted by Gasteiger charge is -2.23. The summed E-state index contributed by atoms with van der Waals surface area (Å²) < 4.78 is 0. The highest BCUT2D eigenvalue weighted by Crippen LogP contribution is 2.37. The molecule has 0 atom stereocenters. The summed E-state index contributed by atoms with van der Waals surface area (Å²) >= 11 is 0. The van der Waals surface area contributed by atoms with E-state index in [0.29, 0.717) is 17.8 Å². The minimum atomic E-state index is 0.574. The summed E-state index contributed by atoms with van der Waals surface area (Å²) in [5, 5.41) is 2.92. The third-order valence-corrected chi connectivity index (χ3v) is 5.02. The molecule has 0 radical (unpaired) electrons. The summed E-state index contributed by atoms with van der Waals surface area (Å²) in [6, 6.07) is 9.67. The van der Waals surface area contributed by atoms with Gasteiger partial charge in [0, 0.05) is 0 Å². The van der Waals surface area contributed by atoms with Crippen molar-refractivity contribution in [2.45, 2.75) is 59.8 Å². The van der Waals surface area contributed by atoms with Crippen LogP contribution in [0.4, 0.5) is 0 Å². The van der Waals surface area contributed by atoms with Crippen LogP contribution in [0.5, 0.6) is 0 Å². The van der Waals surface area contributed by atoms with Gasteiger partial charge < -0.3 is 0 Å². The number of hydrogen-bond donors (Lipinski definition) is 0. The highest BCUT2D eigenvalue weighted by molar-refractivity contribution is 5.97. The zero-order valence-electron chi connectivity index (χ0n) is 14.8. The Labute approximate surface area is 135 Å². The molecule has 0 spiro atoms. The molecule has 2 aromatic carbocycles. The maximum Gasteiger partial charge on any atom is -0.00547 e. The largest absolute Gasteiger partial charge is 0.0626 e. The van der Waals surface area contributed by atoms with E-state index >= 15 is 0 Å². The molecule has 0 aliphatic heterocycles. The van der Waals surface area contributed by atoms with Gasteiger partial charge >= 0.3 is 0 Å². The van der Waals surface area contributed by atoms with Crippen LogP contribution in [0.15, 0.2) is 29.8 Å². The quantitative estimate of drug-likeness (QED) is 0.591. The molecule has 0 bridgehead atoms. The van der Waals surface area contributed by atoms with Crippen LogP contribution in [0.1, 0.15) is 75.6 Å². The average Bonchev–Trinajstić information content (AvgIpc) is 2.46. The fourth-order valence-electron chi connectivity index (χ4n) is 3.45. The summed E-state index contributed by atoms with van der Waals surface area (Å²) in [4.78, 5) is 0. The minimum Gasteiger partial charge on any atom is -0.0626 e. The van der Waals surface area contributed by atoms with Gasteiger partial charge in [0.1, 0.15) is 0 Å². The van der Waals surface area contributed by atoms with Gasteiger partial charge in [0.05, 0.1) is 0 Å². The van der Waals surface area contributed by atoms with Crippen molar-refractivity contribution in [3.8, 4) is 0 Å². The van der Waals surface area contributed by atoms with Gasteiger partial charge in [-0.3, -0.25) is 0 Å². The van der Waals surface area contributed by atoms with E-state index in [-0.39, 0.29) is 0 Å². The van der Waals surface area contributed by atoms with Crippen LogP contribution in [-0.4, -0.2) is 0 Å². The molecule has 1 aliphatic carbocycles. The number of benzene rings is 2. The lowest BCUT2D eigenvalue weighted by atomic mass is 9.81. The van der Waals surface area contributed by atoms with Crippen molar-refractivity contribution in [1.29, 1.82) is 0 Å². The standard InChI is InChI=1S/C22H28/c1-13(2)16-7-19-9-17(14(3)4)11-21-12-18(15(5)6)10-20(8-16)22(19)21/h7-11,13-15H,12H2,1-6H3. The molecule has 22 heavy (non-hydrogen) atoms. The molecule has 0 nitrogen and oxygen atoms in total. The Morgan fingerprint density at radius 1 is 0.727 bits per heavy atom. The van der Waals surface area contributed by atoms with Crippen LogP contribution in [0, 0.1) is 5.92 Å². The molecule has 0 saturated carbocycles. The number of rotatable bonds is 3. The van der Waals surface area contributed by atoms with E-state index in [9.17, 15) is 0 Å². The van der Waals surface area contributed by atoms with E-state index in [1.54, 1.807) is 5.57 Å². The second-order valence-corrected chi connectivity index (χ2v) is 7.75. The normalized spacial score (nSPS) is 14.3. The third kappa shape index (κ3) is 2.60. The molecule has 0 amide bonds. The molecule has 2 aromatic rings. The van der Waals surface area contributed by atoms with E-state index in [4.69, 9.17) is 0 Å². The first-order valence-electron chi connectivity index (χ1n) is 8.67. The van der Waals surface area contributed by atoms with Crippen LogP contribution < -0.4 is 0 Å². The van der Waals surface area contributed by atoms with Gasteiger partial charge in [-0.25, -0.2) is 0 Å². The monoisotopic (exact) mass is 292 g/mol. The van der Waals surface area contributed by atoms with Crippen molar-refractivity contribution >= 4 is 16.8 Å². The van der Waals surface area contributed by atoms with Gasteiger partial charge in [-0.15, -0.1) is 0 Å². The lowest BCUT2D eigenvalue weighted by Crippen LogP contribution is -2.06. The predicted octanol–water partition coefficient (Wildman–Crippen LogP) is 6.68. The van der Waals surface area contributed by atoms with Crippen molar-refractivity contribution in [3.63, 3.8) is 0 Å². The molecule has 0 heterocycles. The fraction of sp³-hybridized carbons (Fsp3) is 0.455. The maximum atomic E-state index is 2.45. The van der Waals surface area contributed by atoms with Gasteiger partial charge in [0.2, 0.25) is 0 Å². The smallest absolute Gasteiger partial charge is 0.00547 e. The van der Waals surface area contributed by atoms with E-state index < -0.39 is 0 Å². The van der Waals surface area contributed by atoms with Gasteiger partial charge in [-0.2, -0.15) is 0 Å². The Morgan fingerprint density at radius 2 is 1.32 bits per heavy atom. The van der Waals surface area contributed by atoms with Gasteiger partial charge in [-0.05, 0) is 57.2 Å². The van der Waals surface area contributed by atoms with Crippen LogP contribution >= 0.6 is 0 Å². The topological polar surface area (TPSA) is 0 Å². The van der Waals surface area contributed by atoms with E-state index in [1.807, 2.05) is 0 Å². The number of hydrogen-bond acceptors (Lipinski definition) is 0. The zero-order valence-corrected chi connectivity index (χ0v) is 14.8. The highest BCUT2D eigenvalue weighted by Gasteiger charge is 2.18. The Bertz CT molecular complexity index is 737. The van der Waals surface area contributed by atoms with E-state index in [0.717, 1.165) is 6.42 Å². The van der Waals surface area contributed by atoms with E-state index in [2.05, 4.69) is 71.9 Å². The summed E-state index contributed by atoms with van der Waals surface area (Å²) in [5.41, 5.74) is 7.45. The summed E-state index contributed by atoms with van der Waals surface area (Å²) in [6.45, 7) is 13.8. The molecule has 0 heteroatoms. The molecular weight excluding hydrogens is 264 g/mol. The van der Waals surface area contributed by atoms with Crippen LogP contribution in [0.2, 0.25) is 0 Å². The van der Waals surface area contributed by atoms with Crippen molar-refractivity contribution in [2.75, 3.05) is 0 Å². The molecule has 0 fully saturated rings. The van der Waals surface area contributed by atoms with Crippen molar-refractivity contribution in [1.82, 2.24) is 0 Å². The Kier molecular flexibility index (Phi) is 3.89. The fourth-order valence-corrected chi connectivity index (χ4v) is 3.45. The number of allylic oxidation sites excluding steroid dienone is 1. The molecule has 0 aromatic heterocycles. The predicted molar refractivity (Wildman–Crippen MR) is 98.6 cm³/mol. The first-order chi connectivity index (χ1) is 10.4. The van der Waals surface area contributed by atoms with E-state index in [1.165, 1.54) is 33.0 Å². The molecule has 0 N–H and O–H groups in total. The zero-order chi connectivity index (χ0) is 16.0. The average molecular weight is 292 g/mol. The molecule has 0 saturated heterocycles. The van der Waals surface area contributed by atoms with Gasteiger partial charge in [0.25, 0.3) is 0 Å². The Hall–Kier alpha value is -1.56. The van der Waals surface area contributed by atoms with Crippen molar-refractivity contribution < 1.29 is 0 Å². The molecular formula is C22H28. The van der Waals surface area contributed by atoms with Crippen LogP contribution in [0.3, 0.4) is 0 Å². The second kappa shape index (κ2) is 5.57. The van der Waals surface area contributed by atoms with Crippen molar-refractivity contribution in [2.24, 2.45) is 5.92 Å².